The van der Waals surface area contributed by atoms with E-state index in [1.165, 1.54) is 0 Å². The lowest BCUT2D eigenvalue weighted by molar-refractivity contribution is -0.108. The van der Waals surface area contributed by atoms with Crippen LogP contribution in [0.4, 0.5) is 0 Å². The molecule has 3 heteroatoms. The van der Waals surface area contributed by atoms with Crippen molar-refractivity contribution in [3.63, 3.8) is 0 Å². The van der Waals surface area contributed by atoms with Gasteiger partial charge in [0.2, 0.25) is 5.88 Å². The quantitative estimate of drug-likeness (QED) is 0.738. The van der Waals surface area contributed by atoms with Crippen molar-refractivity contribution in [3.8, 4) is 5.88 Å². The van der Waals surface area contributed by atoms with Crippen LogP contribution in [0.5, 0.6) is 5.88 Å². The highest BCUT2D eigenvalue weighted by Crippen LogP contribution is 2.27. The summed E-state index contributed by atoms with van der Waals surface area (Å²) in [6.07, 6.45) is 0.897. The zero-order valence-corrected chi connectivity index (χ0v) is 9.31. The highest BCUT2D eigenvalue weighted by atomic mass is 16.5. The van der Waals surface area contributed by atoms with Gasteiger partial charge in [-0.25, -0.2) is 4.98 Å². The Morgan fingerprint density at radius 1 is 1.38 bits per heavy atom. The van der Waals surface area contributed by atoms with Crippen LogP contribution in [0.25, 0.3) is 10.9 Å². The predicted octanol–water partition coefficient (Wildman–Crippen LogP) is 2.55. The van der Waals surface area contributed by atoms with E-state index < -0.39 is 0 Å². The minimum atomic E-state index is -0.202. The van der Waals surface area contributed by atoms with Crippen molar-refractivity contribution >= 4 is 17.2 Å². The van der Waals surface area contributed by atoms with Gasteiger partial charge in [-0.05, 0) is 12.1 Å². The zero-order valence-electron chi connectivity index (χ0n) is 9.31. The van der Waals surface area contributed by atoms with E-state index in [0.29, 0.717) is 5.88 Å². The minimum Gasteiger partial charge on any atom is -0.481 e. The summed E-state index contributed by atoms with van der Waals surface area (Å²) in [5.74, 6) is 0.324. The molecule has 0 N–H and O–H groups in total. The maximum atomic E-state index is 10.8. The van der Waals surface area contributed by atoms with Crippen LogP contribution in [-0.4, -0.2) is 18.4 Å². The molecule has 2 aromatic rings. The number of fused-ring (bicyclic) bond motifs is 1. The van der Waals surface area contributed by atoms with Crippen LogP contribution in [-0.2, 0) is 4.79 Å². The van der Waals surface area contributed by atoms with E-state index in [2.05, 4.69) is 4.98 Å². The maximum Gasteiger partial charge on any atom is 0.217 e. The normalized spacial score (nSPS) is 12.4. The first-order chi connectivity index (χ1) is 7.76. The molecule has 16 heavy (non-hydrogen) atoms. The van der Waals surface area contributed by atoms with Gasteiger partial charge in [-0.15, -0.1) is 0 Å². The van der Waals surface area contributed by atoms with Crippen molar-refractivity contribution in [2.75, 3.05) is 7.11 Å². The Kier molecular flexibility index (Phi) is 2.86. The second kappa shape index (κ2) is 4.31. The molecule has 0 aliphatic carbocycles. The van der Waals surface area contributed by atoms with E-state index in [0.717, 1.165) is 22.8 Å². The number of carbonyl (C=O) groups is 1. The van der Waals surface area contributed by atoms with Crippen LogP contribution >= 0.6 is 0 Å². The average molecular weight is 215 g/mol. The summed E-state index contributed by atoms with van der Waals surface area (Å²) < 4.78 is 5.21. The van der Waals surface area contributed by atoms with Gasteiger partial charge in [0.1, 0.15) is 6.29 Å². The second-order valence-electron chi connectivity index (χ2n) is 3.70. The molecule has 0 aliphatic heterocycles. The number of pyridine rings is 1. The Balaban J connectivity index is 2.67. The Hall–Kier alpha value is -1.90. The lowest BCUT2D eigenvalue weighted by Crippen LogP contribution is -2.01. The van der Waals surface area contributed by atoms with Gasteiger partial charge in [-0.2, -0.15) is 0 Å². The molecule has 0 saturated carbocycles. The summed E-state index contributed by atoms with van der Waals surface area (Å²) >= 11 is 0. The van der Waals surface area contributed by atoms with Crippen LogP contribution < -0.4 is 4.74 Å². The Morgan fingerprint density at radius 2 is 2.12 bits per heavy atom. The largest absolute Gasteiger partial charge is 0.481 e. The number of benzene rings is 1. The number of aromatic nitrogens is 1. The number of rotatable bonds is 3. The Bertz CT molecular complexity index is 522. The number of aldehydes is 1. The average Bonchev–Trinajstić information content (AvgIpc) is 2.36. The fourth-order valence-corrected chi connectivity index (χ4v) is 1.68. The molecule has 0 bridgehead atoms. The number of hydrogen-bond donors (Lipinski definition) is 0. The summed E-state index contributed by atoms with van der Waals surface area (Å²) in [6.45, 7) is 1.83. The van der Waals surface area contributed by atoms with Crippen LogP contribution in [0.2, 0.25) is 0 Å². The third kappa shape index (κ3) is 1.76. The zero-order chi connectivity index (χ0) is 11.5. The summed E-state index contributed by atoms with van der Waals surface area (Å²) in [5, 5.41) is 1.02. The van der Waals surface area contributed by atoms with Gasteiger partial charge < -0.3 is 9.53 Å². The van der Waals surface area contributed by atoms with Gasteiger partial charge in [0.15, 0.2) is 0 Å². The van der Waals surface area contributed by atoms with Crippen LogP contribution in [0.1, 0.15) is 18.4 Å². The maximum absolute atomic E-state index is 10.8. The van der Waals surface area contributed by atoms with Gasteiger partial charge in [0, 0.05) is 16.9 Å². The summed E-state index contributed by atoms with van der Waals surface area (Å²) in [6, 6.07) is 9.74. The number of para-hydroxylation sites is 1. The first-order valence-electron chi connectivity index (χ1n) is 5.15. The Morgan fingerprint density at radius 3 is 2.81 bits per heavy atom. The molecule has 0 spiro atoms. The van der Waals surface area contributed by atoms with Crippen LogP contribution in [0.15, 0.2) is 30.3 Å². The molecule has 1 heterocycles. The third-order valence-electron chi connectivity index (χ3n) is 2.60. The molecule has 0 aliphatic rings. The molecule has 3 nitrogen and oxygen atoms in total. The van der Waals surface area contributed by atoms with Gasteiger partial charge in [0.05, 0.1) is 12.6 Å². The van der Waals surface area contributed by atoms with Crippen LogP contribution in [0.3, 0.4) is 0 Å². The molecule has 1 atom stereocenters. The van der Waals surface area contributed by atoms with Gasteiger partial charge in [-0.3, -0.25) is 0 Å². The van der Waals surface area contributed by atoms with E-state index in [9.17, 15) is 4.79 Å². The fraction of sp³-hybridized carbons (Fsp3) is 0.231. The van der Waals surface area contributed by atoms with Gasteiger partial charge >= 0.3 is 0 Å². The number of nitrogens with zero attached hydrogens (tertiary/aromatic N) is 1. The van der Waals surface area contributed by atoms with Crippen molar-refractivity contribution in [2.24, 2.45) is 0 Å². The molecule has 0 fully saturated rings. The molecule has 2 rings (SSSR count). The SMILES string of the molecule is COc1nc2ccccc2cc1C(C)C=O. The van der Waals surface area contributed by atoms with Crippen LogP contribution in [0, 0.1) is 0 Å². The fourth-order valence-electron chi connectivity index (χ4n) is 1.68. The molecular formula is C13H13NO2. The smallest absolute Gasteiger partial charge is 0.217 e. The number of hydrogen-bond acceptors (Lipinski definition) is 3. The Labute approximate surface area is 94.1 Å². The van der Waals surface area contributed by atoms with E-state index in [1.54, 1.807) is 7.11 Å². The lowest BCUT2D eigenvalue weighted by Gasteiger charge is -2.10. The van der Waals surface area contributed by atoms with Crippen molar-refractivity contribution in [1.82, 2.24) is 4.98 Å². The molecule has 0 radical (unpaired) electrons. The highest BCUT2D eigenvalue weighted by Gasteiger charge is 2.13. The first kappa shape index (κ1) is 10.6. The lowest BCUT2D eigenvalue weighted by atomic mass is 10.0. The number of ether oxygens (including phenoxy) is 1. The van der Waals surface area contributed by atoms with Crippen molar-refractivity contribution < 1.29 is 9.53 Å². The summed E-state index contributed by atoms with van der Waals surface area (Å²) in [7, 11) is 1.57. The highest BCUT2D eigenvalue weighted by molar-refractivity contribution is 5.81. The van der Waals surface area contributed by atoms with Crippen molar-refractivity contribution in [2.45, 2.75) is 12.8 Å². The van der Waals surface area contributed by atoms with Gasteiger partial charge in [0.25, 0.3) is 0 Å². The van der Waals surface area contributed by atoms with Crippen molar-refractivity contribution in [1.29, 1.82) is 0 Å². The summed E-state index contributed by atoms with van der Waals surface area (Å²) in [5.41, 5.74) is 1.71. The topological polar surface area (TPSA) is 39.2 Å². The van der Waals surface area contributed by atoms with E-state index >= 15 is 0 Å². The standard InChI is InChI=1S/C13H13NO2/c1-9(8-15)11-7-10-5-3-4-6-12(10)14-13(11)16-2/h3-9H,1-2H3. The second-order valence-corrected chi connectivity index (χ2v) is 3.70. The van der Waals surface area contributed by atoms with Crippen molar-refractivity contribution in [3.05, 3.63) is 35.9 Å². The molecule has 0 amide bonds. The molecule has 1 aromatic heterocycles. The summed E-state index contributed by atoms with van der Waals surface area (Å²) in [4.78, 5) is 15.2. The molecule has 1 aromatic carbocycles. The predicted molar refractivity (Wildman–Crippen MR) is 62.8 cm³/mol. The monoisotopic (exact) mass is 215 g/mol. The van der Waals surface area contributed by atoms with E-state index in [4.69, 9.17) is 4.74 Å². The first-order valence-corrected chi connectivity index (χ1v) is 5.15. The molecular weight excluding hydrogens is 202 g/mol. The van der Waals surface area contributed by atoms with Gasteiger partial charge in [-0.1, -0.05) is 25.1 Å². The molecule has 1 unspecified atom stereocenters. The molecule has 0 saturated heterocycles. The van der Waals surface area contributed by atoms with E-state index in [1.807, 2.05) is 37.3 Å². The third-order valence-corrected chi connectivity index (χ3v) is 2.60. The number of methoxy groups -OCH3 is 1. The van der Waals surface area contributed by atoms with E-state index in [-0.39, 0.29) is 5.92 Å². The number of carbonyl (C=O) groups excluding carboxylic acids is 1. The molecule has 82 valence electrons. The minimum absolute atomic E-state index is 0.202.